The largest absolute Gasteiger partial charge is 0.338 e. The van der Waals surface area contributed by atoms with Crippen LogP contribution in [-0.4, -0.2) is 17.9 Å². The van der Waals surface area contributed by atoms with Crippen LogP contribution in [0.2, 0.25) is 5.02 Å². The van der Waals surface area contributed by atoms with Crippen molar-refractivity contribution in [1.29, 1.82) is 0 Å². The Kier molecular flexibility index (Phi) is 5.20. The summed E-state index contributed by atoms with van der Waals surface area (Å²) in [4.78, 5) is 6.47. The molecule has 0 aliphatic rings. The summed E-state index contributed by atoms with van der Waals surface area (Å²) in [6.07, 6.45) is 0. The standard InChI is InChI=1S/C16H19ClN4/c1-12(14-10-6-7-11-15(14)17)21(2)16(20-18)19-13-8-4-3-5-9-13/h3-12H,18H2,1-2H3,(H,19,20). The van der Waals surface area contributed by atoms with Crippen LogP contribution in [0.4, 0.5) is 5.69 Å². The number of nitrogens with one attached hydrogen (secondary N) is 1. The van der Waals surface area contributed by atoms with Gasteiger partial charge < -0.3 is 4.90 Å². The molecule has 0 bridgehead atoms. The normalized spacial score (nSPS) is 12.9. The fourth-order valence-electron chi connectivity index (χ4n) is 2.04. The molecule has 4 nitrogen and oxygen atoms in total. The molecular weight excluding hydrogens is 284 g/mol. The van der Waals surface area contributed by atoms with Crippen molar-refractivity contribution in [2.75, 3.05) is 7.05 Å². The third-order valence-electron chi connectivity index (χ3n) is 3.39. The van der Waals surface area contributed by atoms with Crippen LogP contribution in [0.1, 0.15) is 18.5 Å². The minimum atomic E-state index is 0.0391. The summed E-state index contributed by atoms with van der Waals surface area (Å²) >= 11 is 6.25. The molecule has 0 aliphatic carbocycles. The van der Waals surface area contributed by atoms with Crippen LogP contribution in [0, 0.1) is 0 Å². The molecule has 2 aromatic carbocycles. The molecule has 2 aromatic rings. The number of hydrogen-bond acceptors (Lipinski definition) is 2. The Morgan fingerprint density at radius 3 is 2.38 bits per heavy atom. The fourth-order valence-corrected chi connectivity index (χ4v) is 2.34. The zero-order valence-electron chi connectivity index (χ0n) is 12.1. The van der Waals surface area contributed by atoms with Crippen LogP contribution in [0.3, 0.4) is 0 Å². The molecule has 0 fully saturated rings. The SMILES string of the molecule is CC(c1ccccc1Cl)N(C)C(=Nc1ccccc1)NN. The monoisotopic (exact) mass is 302 g/mol. The predicted molar refractivity (Wildman–Crippen MR) is 88.5 cm³/mol. The van der Waals surface area contributed by atoms with E-state index in [0.29, 0.717) is 5.96 Å². The Morgan fingerprint density at radius 2 is 1.76 bits per heavy atom. The molecule has 1 unspecified atom stereocenters. The Labute approximate surface area is 130 Å². The number of para-hydroxylation sites is 1. The highest BCUT2D eigenvalue weighted by Gasteiger charge is 2.17. The maximum atomic E-state index is 6.25. The lowest BCUT2D eigenvalue weighted by Gasteiger charge is -2.28. The Balaban J connectivity index is 2.26. The lowest BCUT2D eigenvalue weighted by molar-refractivity contribution is 0.389. The van der Waals surface area contributed by atoms with Crippen molar-refractivity contribution in [3.63, 3.8) is 0 Å². The average Bonchev–Trinajstić information content (AvgIpc) is 2.53. The number of benzene rings is 2. The number of hydrogen-bond donors (Lipinski definition) is 2. The highest BCUT2D eigenvalue weighted by Crippen LogP contribution is 2.26. The summed E-state index contributed by atoms with van der Waals surface area (Å²) in [7, 11) is 1.93. The first-order valence-corrected chi connectivity index (χ1v) is 7.09. The van der Waals surface area contributed by atoms with Gasteiger partial charge >= 0.3 is 0 Å². The average molecular weight is 303 g/mol. The highest BCUT2D eigenvalue weighted by molar-refractivity contribution is 6.31. The molecule has 0 aliphatic heterocycles. The van der Waals surface area contributed by atoms with E-state index in [9.17, 15) is 0 Å². The first kappa shape index (κ1) is 15.4. The van der Waals surface area contributed by atoms with Gasteiger partial charge in [0.1, 0.15) is 0 Å². The molecule has 5 heteroatoms. The van der Waals surface area contributed by atoms with E-state index in [-0.39, 0.29) is 6.04 Å². The number of nitrogens with two attached hydrogens (primary N) is 1. The molecule has 3 N–H and O–H groups in total. The van der Waals surface area contributed by atoms with Crippen molar-refractivity contribution < 1.29 is 0 Å². The molecule has 1 atom stereocenters. The summed E-state index contributed by atoms with van der Waals surface area (Å²) in [5.74, 6) is 6.20. The molecule has 0 radical (unpaired) electrons. The number of aliphatic imine (C=N–C) groups is 1. The summed E-state index contributed by atoms with van der Waals surface area (Å²) < 4.78 is 0. The van der Waals surface area contributed by atoms with E-state index in [0.717, 1.165) is 16.3 Å². The van der Waals surface area contributed by atoms with Crippen LogP contribution in [-0.2, 0) is 0 Å². The molecule has 0 heterocycles. The van der Waals surface area contributed by atoms with Crippen LogP contribution >= 0.6 is 11.6 Å². The minimum absolute atomic E-state index is 0.0391. The van der Waals surface area contributed by atoms with Gasteiger partial charge in [0.15, 0.2) is 0 Å². The van der Waals surface area contributed by atoms with Gasteiger partial charge in [-0.15, -0.1) is 0 Å². The number of guanidine groups is 1. The van der Waals surface area contributed by atoms with Crippen LogP contribution < -0.4 is 11.3 Å². The van der Waals surface area contributed by atoms with Crippen molar-refractivity contribution in [3.05, 3.63) is 65.2 Å². The maximum Gasteiger partial charge on any atom is 0.213 e. The molecule has 110 valence electrons. The van der Waals surface area contributed by atoms with Gasteiger partial charge in [-0.25, -0.2) is 10.8 Å². The Hall–Kier alpha value is -2.04. The Morgan fingerprint density at radius 1 is 1.14 bits per heavy atom. The number of halogens is 1. The first-order valence-electron chi connectivity index (χ1n) is 6.71. The van der Waals surface area contributed by atoms with Gasteiger partial charge in [-0.05, 0) is 30.7 Å². The van der Waals surface area contributed by atoms with Gasteiger partial charge in [-0.3, -0.25) is 5.43 Å². The third-order valence-corrected chi connectivity index (χ3v) is 3.73. The van der Waals surface area contributed by atoms with E-state index >= 15 is 0 Å². The molecule has 0 saturated heterocycles. The molecular formula is C16H19ClN4. The molecule has 21 heavy (non-hydrogen) atoms. The van der Waals surface area contributed by atoms with Gasteiger partial charge in [0, 0.05) is 12.1 Å². The lowest BCUT2D eigenvalue weighted by Crippen LogP contribution is -2.43. The van der Waals surface area contributed by atoms with Crippen LogP contribution in [0.25, 0.3) is 0 Å². The topological polar surface area (TPSA) is 53.6 Å². The van der Waals surface area contributed by atoms with Crippen molar-refractivity contribution in [2.45, 2.75) is 13.0 Å². The van der Waals surface area contributed by atoms with Crippen LogP contribution in [0.5, 0.6) is 0 Å². The molecule has 2 rings (SSSR count). The van der Waals surface area contributed by atoms with E-state index in [4.69, 9.17) is 17.4 Å². The second-order valence-corrected chi connectivity index (χ2v) is 5.13. The van der Waals surface area contributed by atoms with Gasteiger partial charge in [0.05, 0.1) is 11.7 Å². The summed E-state index contributed by atoms with van der Waals surface area (Å²) in [6.45, 7) is 2.05. The quantitative estimate of drug-likeness (QED) is 0.395. The lowest BCUT2D eigenvalue weighted by atomic mass is 10.1. The van der Waals surface area contributed by atoms with Gasteiger partial charge in [-0.2, -0.15) is 0 Å². The van der Waals surface area contributed by atoms with Crippen molar-refractivity contribution in [1.82, 2.24) is 10.3 Å². The van der Waals surface area contributed by atoms with E-state index in [2.05, 4.69) is 17.3 Å². The Bertz CT molecular complexity index is 613. The van der Waals surface area contributed by atoms with E-state index in [1.807, 2.05) is 66.5 Å². The summed E-state index contributed by atoms with van der Waals surface area (Å²) in [5.41, 5.74) is 4.52. The van der Waals surface area contributed by atoms with Crippen molar-refractivity contribution in [3.8, 4) is 0 Å². The zero-order valence-corrected chi connectivity index (χ0v) is 12.9. The van der Waals surface area contributed by atoms with Gasteiger partial charge in [0.2, 0.25) is 5.96 Å². The second-order valence-electron chi connectivity index (χ2n) is 4.72. The van der Waals surface area contributed by atoms with Gasteiger partial charge in [-0.1, -0.05) is 48.0 Å². The van der Waals surface area contributed by atoms with E-state index in [1.165, 1.54) is 0 Å². The summed E-state index contributed by atoms with van der Waals surface area (Å²) in [5, 5.41) is 0.730. The molecule has 0 aromatic heterocycles. The van der Waals surface area contributed by atoms with Gasteiger partial charge in [0.25, 0.3) is 0 Å². The zero-order chi connectivity index (χ0) is 15.2. The third kappa shape index (κ3) is 3.74. The maximum absolute atomic E-state index is 6.25. The van der Waals surface area contributed by atoms with E-state index < -0.39 is 0 Å². The number of hydrazine groups is 1. The smallest absolute Gasteiger partial charge is 0.213 e. The minimum Gasteiger partial charge on any atom is -0.338 e. The highest BCUT2D eigenvalue weighted by atomic mass is 35.5. The summed E-state index contributed by atoms with van der Waals surface area (Å²) in [6, 6.07) is 17.5. The number of rotatable bonds is 3. The predicted octanol–water partition coefficient (Wildman–Crippen LogP) is 3.48. The number of nitrogens with zero attached hydrogens (tertiary/aromatic N) is 2. The first-order chi connectivity index (χ1) is 10.1. The van der Waals surface area contributed by atoms with Crippen LogP contribution in [0.15, 0.2) is 59.6 Å². The van der Waals surface area contributed by atoms with Crippen molar-refractivity contribution in [2.24, 2.45) is 10.8 Å². The molecule has 0 amide bonds. The van der Waals surface area contributed by atoms with E-state index in [1.54, 1.807) is 0 Å². The fraction of sp³-hybridized carbons (Fsp3) is 0.188. The molecule has 0 spiro atoms. The molecule has 0 saturated carbocycles. The van der Waals surface area contributed by atoms with Crippen molar-refractivity contribution >= 4 is 23.2 Å². The second kappa shape index (κ2) is 7.11.